The lowest BCUT2D eigenvalue weighted by Gasteiger charge is -2.38. The van der Waals surface area contributed by atoms with Gasteiger partial charge in [-0.15, -0.1) is 0 Å². The minimum atomic E-state index is 0.243. The third-order valence-corrected chi connectivity index (χ3v) is 6.60. The summed E-state index contributed by atoms with van der Waals surface area (Å²) in [5, 5.41) is 1.33. The van der Waals surface area contributed by atoms with Crippen LogP contribution in [0.4, 0.5) is 0 Å². The first kappa shape index (κ1) is 19.1. The predicted molar refractivity (Wildman–Crippen MR) is 124 cm³/mol. The molecule has 2 aromatic carbocycles. The highest BCUT2D eigenvalue weighted by molar-refractivity contribution is 5.85. The van der Waals surface area contributed by atoms with Crippen LogP contribution in [0.15, 0.2) is 79.1 Å². The van der Waals surface area contributed by atoms with Gasteiger partial charge in [0, 0.05) is 34.6 Å². The summed E-state index contributed by atoms with van der Waals surface area (Å²) in [5.41, 5.74) is 6.63. The average molecular weight is 396 g/mol. The summed E-state index contributed by atoms with van der Waals surface area (Å²) in [6, 6.07) is 24.2. The van der Waals surface area contributed by atoms with Crippen molar-refractivity contribution in [2.24, 2.45) is 5.92 Å². The molecular formula is C27H29N3. The Kier molecular flexibility index (Phi) is 5.37. The number of aromatic nitrogens is 2. The van der Waals surface area contributed by atoms with Crippen molar-refractivity contribution >= 4 is 10.9 Å². The van der Waals surface area contributed by atoms with E-state index in [9.17, 15) is 0 Å². The van der Waals surface area contributed by atoms with E-state index in [4.69, 9.17) is 0 Å². The number of aryl methyl sites for hydroxylation is 1. The third kappa shape index (κ3) is 3.78. The zero-order valence-electron chi connectivity index (χ0n) is 17.6. The van der Waals surface area contributed by atoms with Crippen molar-refractivity contribution < 1.29 is 0 Å². The molecule has 30 heavy (non-hydrogen) atoms. The predicted octanol–water partition coefficient (Wildman–Crippen LogP) is 5.92. The fourth-order valence-electron chi connectivity index (χ4n) is 5.11. The van der Waals surface area contributed by atoms with Crippen LogP contribution in [-0.4, -0.2) is 28.0 Å². The largest absolute Gasteiger partial charge is 0.358 e. The molecule has 3 heteroatoms. The van der Waals surface area contributed by atoms with Crippen LogP contribution in [0.2, 0.25) is 0 Å². The van der Waals surface area contributed by atoms with Crippen LogP contribution < -0.4 is 0 Å². The second kappa shape index (κ2) is 8.45. The fraction of sp³-hybridized carbons (Fsp3) is 0.296. The number of piperidine rings is 1. The number of pyridine rings is 1. The molecular weight excluding hydrogens is 366 g/mol. The first-order valence-electron chi connectivity index (χ1n) is 11.0. The Hall–Kier alpha value is -2.91. The molecule has 0 amide bonds. The minimum absolute atomic E-state index is 0.243. The molecule has 0 spiro atoms. The molecule has 0 aliphatic carbocycles. The van der Waals surface area contributed by atoms with Gasteiger partial charge < -0.3 is 4.98 Å². The molecule has 152 valence electrons. The Labute approximate surface area is 178 Å². The van der Waals surface area contributed by atoms with E-state index in [1.807, 2.05) is 12.4 Å². The highest BCUT2D eigenvalue weighted by atomic mass is 15.2. The summed E-state index contributed by atoms with van der Waals surface area (Å²) in [6.07, 6.45) is 7.59. The average Bonchev–Trinajstić information content (AvgIpc) is 3.12. The fourth-order valence-corrected chi connectivity index (χ4v) is 5.11. The highest BCUT2D eigenvalue weighted by Crippen LogP contribution is 2.38. The van der Waals surface area contributed by atoms with Crippen LogP contribution in [0.1, 0.15) is 41.3 Å². The van der Waals surface area contributed by atoms with Crippen molar-refractivity contribution in [1.29, 1.82) is 0 Å². The van der Waals surface area contributed by atoms with Crippen LogP contribution in [0, 0.1) is 12.8 Å². The van der Waals surface area contributed by atoms with E-state index >= 15 is 0 Å². The van der Waals surface area contributed by atoms with E-state index in [0.717, 1.165) is 19.0 Å². The Morgan fingerprint density at radius 2 is 1.73 bits per heavy atom. The Morgan fingerprint density at radius 1 is 0.967 bits per heavy atom. The standard InChI is InChI=1S/C27H29N3/c1-20-26(24-11-5-6-12-25(24)29-20)27(23-10-7-15-28-19-23)30-16-13-22(14-17-30)18-21-8-3-2-4-9-21/h2-12,15,19,22,27,29H,13-14,16-18H2,1H3/t27-/m0/s1. The van der Waals surface area contributed by atoms with Gasteiger partial charge in [0.1, 0.15) is 0 Å². The maximum Gasteiger partial charge on any atom is 0.0640 e. The van der Waals surface area contributed by atoms with Crippen LogP contribution >= 0.6 is 0 Å². The lowest BCUT2D eigenvalue weighted by molar-refractivity contribution is 0.151. The van der Waals surface area contributed by atoms with Crippen LogP contribution in [0.3, 0.4) is 0 Å². The third-order valence-electron chi connectivity index (χ3n) is 6.60. The number of nitrogens with zero attached hydrogens (tertiary/aromatic N) is 2. The second-order valence-corrected chi connectivity index (χ2v) is 8.57. The van der Waals surface area contributed by atoms with Crippen molar-refractivity contribution in [1.82, 2.24) is 14.9 Å². The molecule has 2 aromatic heterocycles. The van der Waals surface area contributed by atoms with Crippen LogP contribution in [0.5, 0.6) is 0 Å². The maximum absolute atomic E-state index is 4.45. The van der Waals surface area contributed by atoms with E-state index in [0.29, 0.717) is 0 Å². The number of hydrogen-bond donors (Lipinski definition) is 1. The molecule has 0 saturated carbocycles. The molecule has 4 aromatic rings. The van der Waals surface area contributed by atoms with Crippen molar-refractivity contribution in [3.63, 3.8) is 0 Å². The molecule has 1 N–H and O–H groups in total. The molecule has 3 heterocycles. The minimum Gasteiger partial charge on any atom is -0.358 e. The Balaban J connectivity index is 1.43. The zero-order valence-corrected chi connectivity index (χ0v) is 17.6. The number of aromatic amines is 1. The summed E-state index contributed by atoms with van der Waals surface area (Å²) in [5.74, 6) is 0.766. The number of rotatable bonds is 5. The SMILES string of the molecule is Cc1[nH]c2ccccc2c1[C@H](c1cccnc1)N1CCC(Cc2ccccc2)CC1. The zero-order chi connectivity index (χ0) is 20.3. The molecule has 3 nitrogen and oxygen atoms in total. The number of para-hydroxylation sites is 1. The van der Waals surface area contributed by atoms with Gasteiger partial charge in [0.05, 0.1) is 6.04 Å². The van der Waals surface area contributed by atoms with E-state index < -0.39 is 0 Å². The lowest BCUT2D eigenvalue weighted by atomic mass is 9.87. The number of fused-ring (bicyclic) bond motifs is 1. The molecule has 1 atom stereocenters. The summed E-state index contributed by atoms with van der Waals surface area (Å²) >= 11 is 0. The highest BCUT2D eigenvalue weighted by Gasteiger charge is 2.30. The number of likely N-dealkylation sites (tertiary alicyclic amines) is 1. The Morgan fingerprint density at radius 3 is 2.50 bits per heavy atom. The smallest absolute Gasteiger partial charge is 0.0640 e. The van der Waals surface area contributed by atoms with Gasteiger partial charge >= 0.3 is 0 Å². The summed E-state index contributed by atoms with van der Waals surface area (Å²) in [4.78, 5) is 10.7. The molecule has 0 unspecified atom stereocenters. The molecule has 5 rings (SSSR count). The van der Waals surface area contributed by atoms with Crippen LogP contribution in [0.25, 0.3) is 10.9 Å². The monoisotopic (exact) mass is 395 g/mol. The summed E-state index contributed by atoms with van der Waals surface area (Å²) < 4.78 is 0. The van der Waals surface area contributed by atoms with Crippen molar-refractivity contribution in [2.75, 3.05) is 13.1 Å². The van der Waals surface area contributed by atoms with Gasteiger partial charge in [-0.05, 0) is 68.5 Å². The number of hydrogen-bond acceptors (Lipinski definition) is 2. The van der Waals surface area contributed by atoms with Crippen molar-refractivity contribution in [3.8, 4) is 0 Å². The first-order chi connectivity index (χ1) is 14.8. The maximum atomic E-state index is 4.45. The van der Waals surface area contributed by atoms with Gasteiger partial charge in [0.15, 0.2) is 0 Å². The molecule has 1 aliphatic heterocycles. The molecule has 1 saturated heterocycles. The second-order valence-electron chi connectivity index (χ2n) is 8.57. The first-order valence-corrected chi connectivity index (χ1v) is 11.0. The number of H-pyrrole nitrogens is 1. The van der Waals surface area contributed by atoms with Crippen LogP contribution in [-0.2, 0) is 6.42 Å². The molecule has 0 radical (unpaired) electrons. The summed E-state index contributed by atoms with van der Waals surface area (Å²) in [6.45, 7) is 4.45. The van der Waals surface area contributed by atoms with Gasteiger partial charge in [-0.3, -0.25) is 9.88 Å². The Bertz CT molecular complexity index is 1090. The number of benzene rings is 2. The van der Waals surface area contributed by atoms with Crippen molar-refractivity contribution in [3.05, 3.63) is 102 Å². The number of nitrogens with one attached hydrogen (secondary N) is 1. The van der Waals surface area contributed by atoms with E-state index in [1.165, 1.54) is 52.5 Å². The normalized spacial score (nSPS) is 16.7. The van der Waals surface area contributed by atoms with Gasteiger partial charge in [0.2, 0.25) is 0 Å². The topological polar surface area (TPSA) is 31.9 Å². The molecule has 1 aliphatic rings. The van der Waals surface area contributed by atoms with E-state index in [1.54, 1.807) is 0 Å². The van der Waals surface area contributed by atoms with Gasteiger partial charge in [-0.1, -0.05) is 54.6 Å². The van der Waals surface area contributed by atoms with E-state index in [2.05, 4.69) is 88.5 Å². The van der Waals surface area contributed by atoms with Gasteiger partial charge in [-0.2, -0.15) is 0 Å². The van der Waals surface area contributed by atoms with Gasteiger partial charge in [0.25, 0.3) is 0 Å². The quantitative estimate of drug-likeness (QED) is 0.455. The van der Waals surface area contributed by atoms with Gasteiger partial charge in [-0.25, -0.2) is 0 Å². The molecule has 0 bridgehead atoms. The summed E-state index contributed by atoms with van der Waals surface area (Å²) in [7, 11) is 0. The van der Waals surface area contributed by atoms with Crippen molar-refractivity contribution in [2.45, 2.75) is 32.2 Å². The lowest BCUT2D eigenvalue weighted by Crippen LogP contribution is -2.38. The van der Waals surface area contributed by atoms with E-state index in [-0.39, 0.29) is 6.04 Å². The molecule has 1 fully saturated rings.